The van der Waals surface area contributed by atoms with E-state index in [4.69, 9.17) is 9.47 Å². The fourth-order valence-electron chi connectivity index (χ4n) is 1.70. The second kappa shape index (κ2) is 8.70. The van der Waals surface area contributed by atoms with Crippen LogP contribution >= 0.6 is 0 Å². The summed E-state index contributed by atoms with van der Waals surface area (Å²) < 4.78 is 11.0. The summed E-state index contributed by atoms with van der Waals surface area (Å²) in [6, 6.07) is 1.34. The molecule has 9 heteroatoms. The Hall–Kier alpha value is -2.84. The first-order chi connectivity index (χ1) is 11.3. The van der Waals surface area contributed by atoms with Gasteiger partial charge in [-0.25, -0.2) is 14.3 Å². The molecular formula is C15H22N4O5. The zero-order valence-electron chi connectivity index (χ0n) is 14.5. The number of carbonyl (C=O) groups excluding carboxylic acids is 2. The molecule has 0 saturated heterocycles. The second-order valence-corrected chi connectivity index (χ2v) is 4.79. The number of carbonyl (C=O) groups is 2. The molecule has 1 aromatic heterocycles. The highest BCUT2D eigenvalue weighted by molar-refractivity contribution is 5.99. The summed E-state index contributed by atoms with van der Waals surface area (Å²) in [5.41, 5.74) is 2.85. The van der Waals surface area contributed by atoms with Crippen LogP contribution < -0.4 is 16.0 Å². The zero-order chi connectivity index (χ0) is 18.3. The van der Waals surface area contributed by atoms with Crippen molar-refractivity contribution in [2.75, 3.05) is 25.3 Å². The number of hydrazine groups is 1. The van der Waals surface area contributed by atoms with Crippen LogP contribution in [-0.4, -0.2) is 42.0 Å². The largest absolute Gasteiger partial charge is 0.463 e. The highest BCUT2D eigenvalue weighted by atomic mass is 16.5. The van der Waals surface area contributed by atoms with Gasteiger partial charge in [-0.2, -0.15) is 5.10 Å². The van der Waals surface area contributed by atoms with Crippen molar-refractivity contribution in [2.45, 2.75) is 20.8 Å². The molecule has 0 spiro atoms. The molecule has 0 aliphatic rings. The molecule has 0 aromatic carbocycles. The lowest BCUT2D eigenvalue weighted by molar-refractivity contribution is -0.142. The number of ether oxygens (including phenoxy) is 2. The number of hydrogen-bond donors (Lipinski definition) is 1. The average molecular weight is 338 g/mol. The predicted molar refractivity (Wildman–Crippen MR) is 87.0 cm³/mol. The molecule has 1 rings (SSSR count). The Morgan fingerprint density at radius 3 is 2.38 bits per heavy atom. The maximum Gasteiger partial charge on any atom is 0.356 e. The van der Waals surface area contributed by atoms with Crippen molar-refractivity contribution in [1.82, 2.24) is 15.2 Å². The van der Waals surface area contributed by atoms with Gasteiger partial charge in [-0.1, -0.05) is 0 Å². The topological polar surface area (TPSA) is 103 Å². The van der Waals surface area contributed by atoms with Crippen molar-refractivity contribution in [2.24, 2.45) is 7.05 Å². The molecule has 0 bridgehead atoms. The van der Waals surface area contributed by atoms with E-state index in [-0.39, 0.29) is 30.0 Å². The third-order valence-electron chi connectivity index (χ3n) is 3.06. The van der Waals surface area contributed by atoms with E-state index in [1.165, 1.54) is 35.9 Å². The zero-order valence-corrected chi connectivity index (χ0v) is 14.5. The van der Waals surface area contributed by atoms with Crippen molar-refractivity contribution in [3.8, 4) is 0 Å². The lowest BCUT2D eigenvalue weighted by Crippen LogP contribution is -2.39. The quantitative estimate of drug-likeness (QED) is 0.425. The number of aromatic nitrogens is 2. The maximum atomic E-state index is 12.1. The molecule has 0 aliphatic heterocycles. The molecule has 0 radical (unpaired) electrons. The molecule has 0 fully saturated rings. The minimum Gasteiger partial charge on any atom is -0.463 e. The molecule has 1 heterocycles. The lowest BCUT2D eigenvalue weighted by Gasteiger charge is -2.23. The maximum absolute atomic E-state index is 12.1. The van der Waals surface area contributed by atoms with Crippen molar-refractivity contribution in [3.63, 3.8) is 0 Å². The molecule has 0 aliphatic carbocycles. The molecule has 0 unspecified atom stereocenters. The van der Waals surface area contributed by atoms with Gasteiger partial charge in [-0.05, 0) is 20.8 Å². The molecule has 1 N–H and O–H groups in total. The van der Waals surface area contributed by atoms with Gasteiger partial charge in [0, 0.05) is 20.2 Å². The van der Waals surface area contributed by atoms with Crippen LogP contribution in [0.15, 0.2) is 28.3 Å². The first-order valence-corrected chi connectivity index (χ1v) is 7.40. The fourth-order valence-corrected chi connectivity index (χ4v) is 1.70. The summed E-state index contributed by atoms with van der Waals surface area (Å²) in [6.45, 7) is 5.11. The Morgan fingerprint density at radius 2 is 1.83 bits per heavy atom. The third kappa shape index (κ3) is 4.83. The monoisotopic (exact) mass is 338 g/mol. The summed E-state index contributed by atoms with van der Waals surface area (Å²) in [5, 5.41) is 5.29. The first-order valence-electron chi connectivity index (χ1n) is 7.40. The molecule has 0 amide bonds. The number of anilines is 1. The van der Waals surface area contributed by atoms with E-state index in [9.17, 15) is 14.4 Å². The van der Waals surface area contributed by atoms with Crippen LogP contribution in [0.1, 0.15) is 20.8 Å². The average Bonchev–Trinajstić information content (AvgIpc) is 2.54. The van der Waals surface area contributed by atoms with Gasteiger partial charge in [0.1, 0.15) is 0 Å². The summed E-state index contributed by atoms with van der Waals surface area (Å²) >= 11 is 0. The van der Waals surface area contributed by atoms with Crippen molar-refractivity contribution in [1.29, 1.82) is 0 Å². The van der Waals surface area contributed by atoms with Crippen LogP contribution in [0.4, 0.5) is 5.69 Å². The van der Waals surface area contributed by atoms with E-state index < -0.39 is 11.9 Å². The van der Waals surface area contributed by atoms with Crippen LogP contribution in [0.3, 0.4) is 0 Å². The smallest absolute Gasteiger partial charge is 0.356 e. The van der Waals surface area contributed by atoms with E-state index in [2.05, 4.69) is 10.5 Å². The number of nitrogens with one attached hydrogen (secondary N) is 1. The Balaban J connectivity index is 3.13. The van der Waals surface area contributed by atoms with Crippen LogP contribution in [0.25, 0.3) is 0 Å². The predicted octanol–water partition coefficient (Wildman–Crippen LogP) is 0.121. The van der Waals surface area contributed by atoms with Crippen molar-refractivity contribution in [3.05, 3.63) is 33.9 Å². The Bertz CT molecular complexity index is 695. The van der Waals surface area contributed by atoms with Crippen LogP contribution in [-0.2, 0) is 26.1 Å². The normalized spacial score (nSPS) is 11.4. The number of nitrogens with zero attached hydrogens (tertiary/aromatic N) is 3. The molecule has 0 saturated carbocycles. The molecule has 132 valence electrons. The second-order valence-electron chi connectivity index (χ2n) is 4.79. The van der Waals surface area contributed by atoms with Crippen LogP contribution in [0.2, 0.25) is 0 Å². The van der Waals surface area contributed by atoms with E-state index in [1.54, 1.807) is 20.9 Å². The van der Waals surface area contributed by atoms with Crippen molar-refractivity contribution >= 4 is 17.6 Å². The minimum atomic E-state index is -0.702. The molecule has 1 aromatic rings. The first kappa shape index (κ1) is 19.2. The van der Waals surface area contributed by atoms with Crippen LogP contribution in [0.5, 0.6) is 0 Å². The SMILES string of the molecule is CCOC(=O)/C(C)=C(/NN(C)c1cnn(C)c(=O)c1)C(=O)OCC. The van der Waals surface area contributed by atoms with Gasteiger partial charge >= 0.3 is 11.9 Å². The lowest BCUT2D eigenvalue weighted by atomic mass is 10.2. The van der Waals surface area contributed by atoms with Crippen LogP contribution in [0, 0.1) is 0 Å². The van der Waals surface area contributed by atoms with Gasteiger partial charge in [-0.15, -0.1) is 0 Å². The Kier molecular flexibility index (Phi) is 6.97. The number of esters is 2. The molecular weight excluding hydrogens is 316 g/mol. The summed E-state index contributed by atoms with van der Waals surface area (Å²) in [4.78, 5) is 35.7. The van der Waals surface area contributed by atoms with Gasteiger partial charge in [0.05, 0.1) is 30.7 Å². The highest BCUT2D eigenvalue weighted by Crippen LogP contribution is 2.11. The standard InChI is InChI=1S/C15H22N4O5/c1-6-23-14(21)10(3)13(15(22)24-7-2)17-18(4)11-8-12(20)19(5)16-9-11/h8-9,17H,6-7H2,1-5H3/b13-10+. The number of rotatable bonds is 7. The summed E-state index contributed by atoms with van der Waals surface area (Å²) in [5.74, 6) is -1.34. The number of aryl methyl sites for hydroxylation is 1. The van der Waals surface area contributed by atoms with Gasteiger partial charge in [0.25, 0.3) is 5.56 Å². The van der Waals surface area contributed by atoms with Gasteiger partial charge in [0.15, 0.2) is 5.70 Å². The van der Waals surface area contributed by atoms with E-state index >= 15 is 0 Å². The minimum absolute atomic E-state index is 0.0685. The summed E-state index contributed by atoms with van der Waals surface area (Å²) in [6.07, 6.45) is 1.44. The van der Waals surface area contributed by atoms with E-state index in [1.807, 2.05) is 0 Å². The fraction of sp³-hybridized carbons (Fsp3) is 0.467. The van der Waals surface area contributed by atoms with E-state index in [0.717, 1.165) is 0 Å². The molecule has 9 nitrogen and oxygen atoms in total. The third-order valence-corrected chi connectivity index (χ3v) is 3.06. The van der Waals surface area contributed by atoms with E-state index in [0.29, 0.717) is 5.69 Å². The Labute approximate surface area is 139 Å². The number of hydrogen-bond acceptors (Lipinski definition) is 8. The van der Waals surface area contributed by atoms with Gasteiger partial charge in [0.2, 0.25) is 0 Å². The molecule has 24 heavy (non-hydrogen) atoms. The molecule has 0 atom stereocenters. The van der Waals surface area contributed by atoms with Gasteiger partial charge < -0.3 is 9.47 Å². The van der Waals surface area contributed by atoms with Crippen molar-refractivity contribution < 1.29 is 19.1 Å². The summed E-state index contributed by atoms with van der Waals surface area (Å²) in [7, 11) is 3.10. The highest BCUT2D eigenvalue weighted by Gasteiger charge is 2.21. The Morgan fingerprint density at radius 1 is 1.25 bits per heavy atom. The van der Waals surface area contributed by atoms with Gasteiger partial charge in [-0.3, -0.25) is 15.2 Å².